The maximum atomic E-state index is 12.4. The molecule has 5 nitrogen and oxygen atoms in total. The van der Waals surface area contributed by atoms with Crippen molar-refractivity contribution in [1.29, 1.82) is 0 Å². The summed E-state index contributed by atoms with van der Waals surface area (Å²) >= 11 is 0. The maximum Gasteiger partial charge on any atom is 0.189 e. The Hall–Kier alpha value is -3.34. The summed E-state index contributed by atoms with van der Waals surface area (Å²) in [6, 6.07) is 13.7. The zero-order valence-electron chi connectivity index (χ0n) is 16.6. The van der Waals surface area contributed by atoms with Gasteiger partial charge in [0.1, 0.15) is 18.1 Å². The molecule has 0 saturated carbocycles. The van der Waals surface area contributed by atoms with E-state index in [-0.39, 0.29) is 5.78 Å². The molecule has 0 aliphatic heterocycles. The Bertz CT molecular complexity index is 1000. The largest absolute Gasteiger partial charge is 0.496 e. The third-order valence-electron chi connectivity index (χ3n) is 4.65. The molecule has 5 heteroatoms. The topological polar surface area (TPSA) is 53.3 Å². The number of allylic oxidation sites excluding steroid dienone is 1. The number of carbonyl (C=O) groups excluding carboxylic acids is 1. The minimum Gasteiger partial charge on any atom is -0.496 e. The lowest BCUT2D eigenvalue weighted by molar-refractivity contribution is 0.104. The Balaban J connectivity index is 1.75. The lowest BCUT2D eigenvalue weighted by Gasteiger charge is -2.11. The molecular weight excluding hydrogens is 352 g/mol. The summed E-state index contributed by atoms with van der Waals surface area (Å²) in [5, 5.41) is 4.12. The Labute approximate surface area is 165 Å². The molecule has 0 fully saturated rings. The summed E-state index contributed by atoms with van der Waals surface area (Å²) in [6.07, 6.45) is 4.96. The van der Waals surface area contributed by atoms with Gasteiger partial charge in [0.15, 0.2) is 5.78 Å². The van der Waals surface area contributed by atoms with Crippen LogP contribution < -0.4 is 9.47 Å². The molecule has 144 valence electrons. The first-order valence-electron chi connectivity index (χ1n) is 9.05. The van der Waals surface area contributed by atoms with Crippen LogP contribution >= 0.6 is 0 Å². The number of carbonyl (C=O) groups is 1. The lowest BCUT2D eigenvalue weighted by atomic mass is 10.1. The van der Waals surface area contributed by atoms with Crippen LogP contribution in [0.1, 0.15) is 32.7 Å². The average Bonchev–Trinajstić information content (AvgIpc) is 3.04. The molecule has 2 aromatic carbocycles. The highest BCUT2D eigenvalue weighted by Crippen LogP contribution is 2.23. The zero-order chi connectivity index (χ0) is 20.1. The zero-order valence-corrected chi connectivity index (χ0v) is 16.6. The monoisotopic (exact) mass is 376 g/mol. The minimum absolute atomic E-state index is 0.0705. The molecule has 0 amide bonds. The summed E-state index contributed by atoms with van der Waals surface area (Å²) in [7, 11) is 3.45. The van der Waals surface area contributed by atoms with E-state index in [1.165, 1.54) is 5.56 Å². The molecule has 3 aromatic rings. The fraction of sp³-hybridized carbons (Fsp3) is 0.217. The van der Waals surface area contributed by atoms with E-state index in [2.05, 4.69) is 5.10 Å². The van der Waals surface area contributed by atoms with Crippen molar-refractivity contribution in [3.8, 4) is 11.5 Å². The molecule has 0 N–H and O–H groups in total. The molecule has 0 radical (unpaired) electrons. The van der Waals surface area contributed by atoms with Gasteiger partial charge in [-0.05, 0) is 49.8 Å². The number of hydrogen-bond donors (Lipinski definition) is 0. The molecule has 1 heterocycles. The second-order valence-corrected chi connectivity index (χ2v) is 6.64. The van der Waals surface area contributed by atoms with Crippen LogP contribution in [0.2, 0.25) is 0 Å². The van der Waals surface area contributed by atoms with E-state index >= 15 is 0 Å². The summed E-state index contributed by atoms with van der Waals surface area (Å²) in [6.45, 7) is 4.29. The molecule has 0 aliphatic carbocycles. The molecule has 0 unspecified atom stereocenters. The Morgan fingerprint density at radius 2 is 1.89 bits per heavy atom. The molecule has 0 aliphatic rings. The van der Waals surface area contributed by atoms with Crippen molar-refractivity contribution in [3.63, 3.8) is 0 Å². The van der Waals surface area contributed by atoms with Gasteiger partial charge in [0.2, 0.25) is 0 Å². The summed E-state index contributed by atoms with van der Waals surface area (Å²) in [5.74, 6) is 1.48. The number of aryl methyl sites for hydroxylation is 2. The van der Waals surface area contributed by atoms with Gasteiger partial charge in [0, 0.05) is 18.3 Å². The third-order valence-corrected chi connectivity index (χ3v) is 4.65. The summed E-state index contributed by atoms with van der Waals surface area (Å²) in [5.41, 5.74) is 4.45. The molecule has 1 aromatic heterocycles. The SMILES string of the molecule is COc1ccc(/C=C/C(=O)c2cnn(C)c2C)cc1COc1ccc(C)cc1. The second kappa shape index (κ2) is 8.57. The van der Waals surface area contributed by atoms with E-state index in [0.717, 1.165) is 28.3 Å². The number of ketones is 1. The third kappa shape index (κ3) is 4.49. The van der Waals surface area contributed by atoms with Crippen LogP contribution in [-0.4, -0.2) is 22.7 Å². The predicted octanol–water partition coefficient (Wildman–Crippen LogP) is 4.52. The summed E-state index contributed by atoms with van der Waals surface area (Å²) < 4.78 is 13.0. The standard InChI is InChI=1S/C23H24N2O3/c1-16-5-9-20(10-6-16)28-15-19-13-18(8-12-23(19)27-4)7-11-22(26)21-14-24-25(3)17(21)2/h5-14H,15H2,1-4H3/b11-7+. The number of aromatic nitrogens is 2. The van der Waals surface area contributed by atoms with Gasteiger partial charge in [-0.25, -0.2) is 0 Å². The smallest absolute Gasteiger partial charge is 0.189 e. The Kier molecular flexibility index (Phi) is 5.94. The van der Waals surface area contributed by atoms with Gasteiger partial charge in [-0.15, -0.1) is 0 Å². The molecule has 0 saturated heterocycles. The van der Waals surface area contributed by atoms with Crippen LogP contribution in [0.15, 0.2) is 54.7 Å². The first kappa shape index (κ1) is 19.4. The van der Waals surface area contributed by atoms with Gasteiger partial charge in [-0.1, -0.05) is 29.8 Å². The minimum atomic E-state index is -0.0705. The first-order chi connectivity index (χ1) is 13.5. The normalized spacial score (nSPS) is 11.0. The maximum absolute atomic E-state index is 12.4. The quantitative estimate of drug-likeness (QED) is 0.449. The van der Waals surface area contributed by atoms with E-state index in [1.54, 1.807) is 30.1 Å². The van der Waals surface area contributed by atoms with Crippen molar-refractivity contribution in [2.45, 2.75) is 20.5 Å². The number of ether oxygens (including phenoxy) is 2. The highest BCUT2D eigenvalue weighted by Gasteiger charge is 2.10. The number of rotatable bonds is 7. The fourth-order valence-corrected chi connectivity index (χ4v) is 2.81. The first-order valence-corrected chi connectivity index (χ1v) is 9.05. The van der Waals surface area contributed by atoms with Gasteiger partial charge < -0.3 is 9.47 Å². The van der Waals surface area contributed by atoms with Gasteiger partial charge >= 0.3 is 0 Å². The summed E-state index contributed by atoms with van der Waals surface area (Å²) in [4.78, 5) is 12.4. The van der Waals surface area contributed by atoms with Crippen molar-refractivity contribution in [2.24, 2.45) is 7.05 Å². The average molecular weight is 376 g/mol. The van der Waals surface area contributed by atoms with Crippen LogP contribution in [0.3, 0.4) is 0 Å². The van der Waals surface area contributed by atoms with Crippen LogP contribution in [0.5, 0.6) is 11.5 Å². The number of methoxy groups -OCH3 is 1. The van der Waals surface area contributed by atoms with Crippen LogP contribution in [0.25, 0.3) is 6.08 Å². The van der Waals surface area contributed by atoms with E-state index in [4.69, 9.17) is 9.47 Å². The van der Waals surface area contributed by atoms with Crippen molar-refractivity contribution in [3.05, 3.63) is 82.7 Å². The van der Waals surface area contributed by atoms with Crippen LogP contribution in [-0.2, 0) is 13.7 Å². The Morgan fingerprint density at radius 1 is 1.14 bits per heavy atom. The van der Waals surface area contributed by atoms with E-state index in [1.807, 2.05) is 63.4 Å². The molecule has 0 bridgehead atoms. The van der Waals surface area contributed by atoms with Crippen LogP contribution in [0, 0.1) is 13.8 Å². The van der Waals surface area contributed by atoms with E-state index in [9.17, 15) is 4.79 Å². The molecule has 3 rings (SSSR count). The highest BCUT2D eigenvalue weighted by atomic mass is 16.5. The number of nitrogens with zero attached hydrogens (tertiary/aromatic N) is 2. The van der Waals surface area contributed by atoms with Gasteiger partial charge in [-0.3, -0.25) is 9.48 Å². The fourth-order valence-electron chi connectivity index (χ4n) is 2.81. The number of benzene rings is 2. The Morgan fingerprint density at radius 3 is 2.54 bits per heavy atom. The van der Waals surface area contributed by atoms with E-state index in [0.29, 0.717) is 12.2 Å². The number of hydrogen-bond acceptors (Lipinski definition) is 4. The molecular formula is C23H24N2O3. The molecule has 0 spiro atoms. The van der Waals surface area contributed by atoms with Crippen molar-refractivity contribution < 1.29 is 14.3 Å². The van der Waals surface area contributed by atoms with Gasteiger partial charge in [0.25, 0.3) is 0 Å². The second-order valence-electron chi connectivity index (χ2n) is 6.64. The van der Waals surface area contributed by atoms with Crippen LogP contribution in [0.4, 0.5) is 0 Å². The van der Waals surface area contributed by atoms with E-state index < -0.39 is 0 Å². The lowest BCUT2D eigenvalue weighted by Crippen LogP contribution is -2.00. The highest BCUT2D eigenvalue weighted by molar-refractivity contribution is 6.07. The van der Waals surface area contributed by atoms with Gasteiger partial charge in [-0.2, -0.15) is 5.10 Å². The van der Waals surface area contributed by atoms with Crippen molar-refractivity contribution in [1.82, 2.24) is 9.78 Å². The molecule has 28 heavy (non-hydrogen) atoms. The predicted molar refractivity (Wildman–Crippen MR) is 110 cm³/mol. The van der Waals surface area contributed by atoms with Gasteiger partial charge in [0.05, 0.1) is 18.9 Å². The molecule has 0 atom stereocenters. The van der Waals surface area contributed by atoms with Crippen molar-refractivity contribution >= 4 is 11.9 Å². The van der Waals surface area contributed by atoms with Crippen molar-refractivity contribution in [2.75, 3.05) is 7.11 Å².